The van der Waals surface area contributed by atoms with E-state index in [1.54, 1.807) is 29.2 Å². The summed E-state index contributed by atoms with van der Waals surface area (Å²) >= 11 is 5.95. The zero-order valence-electron chi connectivity index (χ0n) is 22.5. The summed E-state index contributed by atoms with van der Waals surface area (Å²) in [7, 11) is 0. The van der Waals surface area contributed by atoms with Gasteiger partial charge in [-0.1, -0.05) is 24.9 Å². The Morgan fingerprint density at radius 3 is 2.38 bits per heavy atom. The van der Waals surface area contributed by atoms with E-state index in [0.717, 1.165) is 44.7 Å². The first kappa shape index (κ1) is 28.6. The predicted octanol–water partition coefficient (Wildman–Crippen LogP) is 4.64. The number of hydrogen-bond donors (Lipinski definition) is 1. The van der Waals surface area contributed by atoms with Gasteiger partial charge in [-0.3, -0.25) is 14.5 Å². The van der Waals surface area contributed by atoms with Crippen molar-refractivity contribution in [3.8, 4) is 0 Å². The number of nitrogens with one attached hydrogen (secondary N) is 1. The lowest BCUT2D eigenvalue weighted by atomic mass is 9.96. The van der Waals surface area contributed by atoms with Gasteiger partial charge >= 0.3 is 6.18 Å². The molecule has 0 unspecified atom stereocenters. The Morgan fingerprint density at radius 2 is 1.75 bits per heavy atom. The maximum Gasteiger partial charge on any atom is 0.437 e. The Hall–Kier alpha value is -2.92. The SMILES string of the molecule is CCC[C@H]1CN(c2ncc(C(=O)NC3CC3)nc2C(F)(F)F)CCN1C1CCN(C(=O)c2ccc(Cl)cc2)CC1. The van der Waals surface area contributed by atoms with E-state index >= 15 is 0 Å². The van der Waals surface area contributed by atoms with E-state index in [1.807, 2.05) is 4.90 Å². The number of aromatic nitrogens is 2. The highest BCUT2D eigenvalue weighted by molar-refractivity contribution is 6.30. The molecule has 8 nitrogen and oxygen atoms in total. The van der Waals surface area contributed by atoms with Crippen LogP contribution in [-0.2, 0) is 6.18 Å². The first-order valence-electron chi connectivity index (χ1n) is 13.9. The van der Waals surface area contributed by atoms with Crippen LogP contribution < -0.4 is 10.2 Å². The highest BCUT2D eigenvalue weighted by Gasteiger charge is 2.41. The molecule has 1 aromatic carbocycles. The van der Waals surface area contributed by atoms with Crippen LogP contribution in [0, 0.1) is 0 Å². The Balaban J connectivity index is 1.26. The second kappa shape index (κ2) is 11.9. The molecule has 1 aromatic heterocycles. The summed E-state index contributed by atoms with van der Waals surface area (Å²) in [5.74, 6) is -0.862. The number of halogens is 4. The molecule has 1 saturated carbocycles. The number of rotatable bonds is 7. The third-order valence-corrected chi connectivity index (χ3v) is 8.18. The van der Waals surface area contributed by atoms with Crippen LogP contribution in [0.4, 0.5) is 19.0 Å². The summed E-state index contributed by atoms with van der Waals surface area (Å²) in [5.41, 5.74) is -0.821. The number of carbonyl (C=O) groups is 2. The Morgan fingerprint density at radius 1 is 1.05 bits per heavy atom. The average Bonchev–Trinajstić information content (AvgIpc) is 3.76. The molecule has 2 aromatic rings. The number of anilines is 1. The molecule has 3 fully saturated rings. The molecule has 40 heavy (non-hydrogen) atoms. The van der Waals surface area contributed by atoms with E-state index in [-0.39, 0.29) is 35.5 Å². The molecular formula is C28H34ClF3N6O2. The van der Waals surface area contributed by atoms with Crippen LogP contribution in [0.15, 0.2) is 30.5 Å². The van der Waals surface area contributed by atoms with Gasteiger partial charge in [0.15, 0.2) is 11.5 Å². The van der Waals surface area contributed by atoms with Gasteiger partial charge in [0.25, 0.3) is 11.8 Å². The van der Waals surface area contributed by atoms with Crippen LogP contribution >= 0.6 is 11.6 Å². The lowest BCUT2D eigenvalue weighted by Crippen LogP contribution is -2.59. The largest absolute Gasteiger partial charge is 0.437 e. The zero-order valence-corrected chi connectivity index (χ0v) is 23.2. The van der Waals surface area contributed by atoms with Gasteiger partial charge in [-0.05, 0) is 56.4 Å². The van der Waals surface area contributed by atoms with Crippen LogP contribution in [0.2, 0.25) is 5.02 Å². The van der Waals surface area contributed by atoms with Crippen molar-refractivity contribution in [2.24, 2.45) is 0 Å². The summed E-state index contributed by atoms with van der Waals surface area (Å²) in [4.78, 5) is 39.1. The lowest BCUT2D eigenvalue weighted by Gasteiger charge is -2.48. The molecule has 0 spiro atoms. The second-order valence-electron chi connectivity index (χ2n) is 10.8. The molecule has 2 amide bonds. The minimum absolute atomic E-state index is 0.00798. The normalized spacial score (nSPS) is 21.0. The Kier molecular flexibility index (Phi) is 8.51. The molecule has 2 saturated heterocycles. The van der Waals surface area contributed by atoms with Crippen LogP contribution in [0.25, 0.3) is 0 Å². The van der Waals surface area contributed by atoms with Gasteiger partial charge in [0, 0.05) is 61.4 Å². The molecule has 1 N–H and O–H groups in total. The van der Waals surface area contributed by atoms with Crippen molar-refractivity contribution in [3.63, 3.8) is 0 Å². The molecule has 1 atom stereocenters. The van der Waals surface area contributed by atoms with Crippen molar-refractivity contribution in [3.05, 3.63) is 52.4 Å². The van der Waals surface area contributed by atoms with E-state index in [2.05, 4.69) is 27.1 Å². The number of likely N-dealkylation sites (tertiary alicyclic amines) is 1. The summed E-state index contributed by atoms with van der Waals surface area (Å²) in [6.45, 7) is 4.67. The number of benzene rings is 1. The highest BCUT2D eigenvalue weighted by Crippen LogP contribution is 2.36. The molecule has 0 radical (unpaired) electrons. The third kappa shape index (κ3) is 6.52. The molecule has 3 heterocycles. The van der Waals surface area contributed by atoms with E-state index < -0.39 is 17.8 Å². The highest BCUT2D eigenvalue weighted by atomic mass is 35.5. The molecule has 5 rings (SSSR count). The average molecular weight is 579 g/mol. The van der Waals surface area contributed by atoms with Gasteiger partial charge in [-0.15, -0.1) is 0 Å². The van der Waals surface area contributed by atoms with Crippen molar-refractivity contribution >= 4 is 29.2 Å². The monoisotopic (exact) mass is 578 g/mol. The van der Waals surface area contributed by atoms with Crippen molar-refractivity contribution in [1.29, 1.82) is 0 Å². The molecule has 12 heteroatoms. The summed E-state index contributed by atoms with van der Waals surface area (Å²) in [6, 6.07) is 7.18. The fraction of sp³-hybridized carbons (Fsp3) is 0.571. The quantitative estimate of drug-likeness (QED) is 0.516. The number of hydrogen-bond acceptors (Lipinski definition) is 6. The summed E-state index contributed by atoms with van der Waals surface area (Å²) < 4.78 is 42.2. The zero-order chi connectivity index (χ0) is 28.4. The third-order valence-electron chi connectivity index (χ3n) is 7.93. The fourth-order valence-corrected chi connectivity index (χ4v) is 5.84. The molecule has 3 aliphatic rings. The number of piperazine rings is 1. The van der Waals surface area contributed by atoms with E-state index in [4.69, 9.17) is 11.6 Å². The van der Waals surface area contributed by atoms with Crippen LogP contribution in [0.3, 0.4) is 0 Å². The maximum atomic E-state index is 14.1. The van der Waals surface area contributed by atoms with E-state index in [9.17, 15) is 22.8 Å². The molecule has 216 valence electrons. The number of piperidine rings is 1. The second-order valence-corrected chi connectivity index (χ2v) is 11.3. The smallest absolute Gasteiger partial charge is 0.352 e. The van der Waals surface area contributed by atoms with Gasteiger partial charge in [0.1, 0.15) is 5.69 Å². The number of nitrogens with zero attached hydrogens (tertiary/aromatic N) is 5. The van der Waals surface area contributed by atoms with E-state index in [0.29, 0.717) is 43.3 Å². The minimum Gasteiger partial charge on any atom is -0.352 e. The Labute approximate surface area is 236 Å². The molecular weight excluding hydrogens is 545 g/mol. The van der Waals surface area contributed by atoms with Crippen LogP contribution in [-0.4, -0.2) is 82.4 Å². The fourth-order valence-electron chi connectivity index (χ4n) is 5.71. The van der Waals surface area contributed by atoms with Crippen molar-refractivity contribution in [2.75, 3.05) is 37.6 Å². The van der Waals surface area contributed by atoms with Crippen molar-refractivity contribution in [1.82, 2.24) is 25.1 Å². The van der Waals surface area contributed by atoms with Crippen LogP contribution in [0.1, 0.15) is 72.0 Å². The van der Waals surface area contributed by atoms with Crippen molar-refractivity contribution < 1.29 is 22.8 Å². The van der Waals surface area contributed by atoms with Gasteiger partial charge < -0.3 is 15.1 Å². The topological polar surface area (TPSA) is 81.7 Å². The number of alkyl halides is 3. The molecule has 2 aliphatic heterocycles. The van der Waals surface area contributed by atoms with Crippen molar-refractivity contribution in [2.45, 2.75) is 69.8 Å². The van der Waals surface area contributed by atoms with Crippen LogP contribution in [0.5, 0.6) is 0 Å². The maximum absolute atomic E-state index is 14.1. The lowest BCUT2D eigenvalue weighted by molar-refractivity contribution is -0.141. The first-order valence-corrected chi connectivity index (χ1v) is 14.3. The van der Waals surface area contributed by atoms with Gasteiger partial charge in [-0.25, -0.2) is 9.97 Å². The first-order chi connectivity index (χ1) is 19.1. The summed E-state index contributed by atoms with van der Waals surface area (Å²) in [6.07, 6.45) is 1.39. The van der Waals surface area contributed by atoms with E-state index in [1.165, 1.54) is 0 Å². The molecule has 1 aliphatic carbocycles. The van der Waals surface area contributed by atoms with Gasteiger partial charge in [-0.2, -0.15) is 13.2 Å². The summed E-state index contributed by atoms with van der Waals surface area (Å²) in [5, 5.41) is 3.26. The minimum atomic E-state index is -4.74. The van der Waals surface area contributed by atoms with Gasteiger partial charge in [0.2, 0.25) is 0 Å². The Bertz CT molecular complexity index is 1220. The molecule has 0 bridgehead atoms. The standard InChI is InChI=1S/C28H34ClF3N6O2/c1-2-3-22-17-37(25-24(28(30,31)32)35-23(16-33-25)26(39)34-20-8-9-20)14-15-38(22)21-10-12-36(13-11-21)27(40)18-4-6-19(29)7-5-18/h4-7,16,20-22H,2-3,8-15,17H2,1H3,(H,34,39)/t22-/m0/s1. The predicted molar refractivity (Wildman–Crippen MR) is 146 cm³/mol. The number of amides is 2. The number of carbonyl (C=O) groups excluding carboxylic acids is 2. The van der Waals surface area contributed by atoms with Gasteiger partial charge in [0.05, 0.1) is 6.20 Å².